The Hall–Kier alpha value is -1.69. The summed E-state index contributed by atoms with van der Waals surface area (Å²) in [5.41, 5.74) is 4.83. The molecule has 0 bridgehead atoms. The fraction of sp³-hybridized carbons (Fsp3) is 0.667. The van der Waals surface area contributed by atoms with Crippen molar-refractivity contribution in [2.24, 2.45) is 14.1 Å². The van der Waals surface area contributed by atoms with E-state index in [1.165, 1.54) is 11.3 Å². The Kier molecular flexibility index (Phi) is 5.12. The van der Waals surface area contributed by atoms with Gasteiger partial charge in [-0.15, -0.1) is 5.10 Å². The van der Waals surface area contributed by atoms with Crippen LogP contribution >= 0.6 is 0 Å². The van der Waals surface area contributed by atoms with Crippen LogP contribution in [0.25, 0.3) is 0 Å². The van der Waals surface area contributed by atoms with Crippen LogP contribution in [0.1, 0.15) is 36.0 Å². The molecule has 2 aromatic heterocycles. The van der Waals surface area contributed by atoms with Gasteiger partial charge < -0.3 is 5.32 Å². The van der Waals surface area contributed by atoms with Crippen LogP contribution in [0.4, 0.5) is 0 Å². The molecule has 0 saturated carbocycles. The molecule has 6 nitrogen and oxygen atoms in total. The fourth-order valence-electron chi connectivity index (χ4n) is 2.80. The molecular weight excluding hydrogens is 264 g/mol. The molecule has 1 N–H and O–H groups in total. The van der Waals surface area contributed by atoms with Crippen molar-refractivity contribution in [2.45, 2.75) is 46.1 Å². The van der Waals surface area contributed by atoms with Gasteiger partial charge in [0.2, 0.25) is 0 Å². The van der Waals surface area contributed by atoms with Crippen LogP contribution < -0.4 is 5.32 Å². The van der Waals surface area contributed by atoms with Gasteiger partial charge in [0.15, 0.2) is 0 Å². The van der Waals surface area contributed by atoms with Gasteiger partial charge >= 0.3 is 0 Å². The summed E-state index contributed by atoms with van der Waals surface area (Å²) in [5.74, 6) is 0. The molecule has 1 unspecified atom stereocenters. The van der Waals surface area contributed by atoms with E-state index in [1.54, 1.807) is 4.68 Å². The second kappa shape index (κ2) is 6.85. The van der Waals surface area contributed by atoms with Crippen LogP contribution in [0.2, 0.25) is 0 Å². The third-order valence-corrected chi connectivity index (χ3v) is 4.00. The van der Waals surface area contributed by atoms with E-state index in [9.17, 15) is 0 Å². The number of rotatable bonds is 7. The van der Waals surface area contributed by atoms with Crippen molar-refractivity contribution in [3.63, 3.8) is 0 Å². The number of likely N-dealkylation sites (N-methyl/N-ethyl adjacent to an activating group) is 1. The van der Waals surface area contributed by atoms with E-state index in [4.69, 9.17) is 0 Å². The summed E-state index contributed by atoms with van der Waals surface area (Å²) >= 11 is 0. The SMILES string of the molecule is CCNC(CCc1c(C)nn(C)c1C)Cc1cn(C)nn1. The largest absolute Gasteiger partial charge is 0.314 e. The molecule has 0 aliphatic rings. The first kappa shape index (κ1) is 15.7. The molecule has 0 fully saturated rings. The predicted molar refractivity (Wildman–Crippen MR) is 83.2 cm³/mol. The maximum Gasteiger partial charge on any atom is 0.0842 e. The highest BCUT2D eigenvalue weighted by Gasteiger charge is 2.14. The number of nitrogens with one attached hydrogen (secondary N) is 1. The van der Waals surface area contributed by atoms with Crippen molar-refractivity contribution in [1.82, 2.24) is 30.1 Å². The summed E-state index contributed by atoms with van der Waals surface area (Å²) in [6.45, 7) is 7.34. The third kappa shape index (κ3) is 3.91. The van der Waals surface area contributed by atoms with Gasteiger partial charge in [0.1, 0.15) is 0 Å². The Morgan fingerprint density at radius 2 is 2.05 bits per heavy atom. The molecule has 2 rings (SSSR count). The van der Waals surface area contributed by atoms with Crippen LogP contribution in [0, 0.1) is 13.8 Å². The Morgan fingerprint density at radius 1 is 1.29 bits per heavy atom. The van der Waals surface area contributed by atoms with E-state index >= 15 is 0 Å². The quantitative estimate of drug-likeness (QED) is 0.835. The van der Waals surface area contributed by atoms with E-state index < -0.39 is 0 Å². The molecule has 2 aromatic rings. The third-order valence-electron chi connectivity index (χ3n) is 4.00. The van der Waals surface area contributed by atoms with Crippen molar-refractivity contribution in [3.8, 4) is 0 Å². The fourth-order valence-corrected chi connectivity index (χ4v) is 2.80. The lowest BCUT2D eigenvalue weighted by Crippen LogP contribution is -2.31. The molecule has 0 aromatic carbocycles. The summed E-state index contributed by atoms with van der Waals surface area (Å²) in [6, 6.07) is 0.422. The molecule has 116 valence electrons. The smallest absolute Gasteiger partial charge is 0.0842 e. The second-order valence-corrected chi connectivity index (χ2v) is 5.65. The highest BCUT2D eigenvalue weighted by atomic mass is 15.4. The standard InChI is InChI=1S/C15H26N6/c1-6-16-13(9-14-10-20(4)19-17-14)7-8-15-11(2)18-21(5)12(15)3/h10,13,16H,6-9H2,1-5H3. The van der Waals surface area contributed by atoms with E-state index in [1.807, 2.05) is 25.0 Å². The Labute approximate surface area is 126 Å². The second-order valence-electron chi connectivity index (χ2n) is 5.65. The molecule has 21 heavy (non-hydrogen) atoms. The van der Waals surface area contributed by atoms with Crippen molar-refractivity contribution < 1.29 is 0 Å². The van der Waals surface area contributed by atoms with Gasteiger partial charge in [-0.25, -0.2) is 0 Å². The zero-order valence-electron chi connectivity index (χ0n) is 13.7. The molecule has 0 aliphatic heterocycles. The monoisotopic (exact) mass is 290 g/mol. The van der Waals surface area contributed by atoms with E-state index in [0.29, 0.717) is 6.04 Å². The normalized spacial score (nSPS) is 12.8. The molecule has 0 radical (unpaired) electrons. The molecule has 0 aliphatic carbocycles. The lowest BCUT2D eigenvalue weighted by molar-refractivity contribution is 0.485. The molecule has 1 atom stereocenters. The molecule has 2 heterocycles. The first-order valence-corrected chi connectivity index (χ1v) is 7.59. The number of hydrogen-bond acceptors (Lipinski definition) is 4. The highest BCUT2D eigenvalue weighted by Crippen LogP contribution is 2.16. The summed E-state index contributed by atoms with van der Waals surface area (Å²) in [4.78, 5) is 0. The van der Waals surface area contributed by atoms with Crippen molar-refractivity contribution >= 4 is 0 Å². The average Bonchev–Trinajstić information content (AvgIpc) is 2.93. The number of aryl methyl sites for hydroxylation is 3. The Morgan fingerprint density at radius 3 is 2.57 bits per heavy atom. The lowest BCUT2D eigenvalue weighted by Gasteiger charge is -2.16. The number of hydrogen-bond donors (Lipinski definition) is 1. The Balaban J connectivity index is 1.99. The van der Waals surface area contributed by atoms with Gasteiger partial charge in [0, 0.05) is 38.4 Å². The van der Waals surface area contributed by atoms with Crippen LogP contribution in [0.15, 0.2) is 6.20 Å². The van der Waals surface area contributed by atoms with Crippen molar-refractivity contribution in [2.75, 3.05) is 6.54 Å². The molecule has 0 spiro atoms. The number of nitrogens with zero attached hydrogens (tertiary/aromatic N) is 5. The maximum atomic E-state index is 4.49. The van der Waals surface area contributed by atoms with Crippen LogP contribution in [0.5, 0.6) is 0 Å². The first-order valence-electron chi connectivity index (χ1n) is 7.59. The van der Waals surface area contributed by atoms with Gasteiger partial charge in [-0.1, -0.05) is 12.1 Å². The van der Waals surface area contributed by atoms with Gasteiger partial charge in [-0.05, 0) is 38.8 Å². The first-order chi connectivity index (χ1) is 10.0. The van der Waals surface area contributed by atoms with Crippen LogP contribution in [0.3, 0.4) is 0 Å². The molecular formula is C15H26N6. The van der Waals surface area contributed by atoms with Crippen molar-refractivity contribution in [1.29, 1.82) is 0 Å². The summed E-state index contributed by atoms with van der Waals surface area (Å²) in [5, 5.41) is 16.2. The minimum Gasteiger partial charge on any atom is -0.314 e. The molecule has 6 heteroatoms. The predicted octanol–water partition coefficient (Wildman–Crippen LogP) is 1.32. The van der Waals surface area contributed by atoms with Crippen LogP contribution in [-0.4, -0.2) is 37.4 Å². The molecule has 0 saturated heterocycles. The van der Waals surface area contributed by atoms with Gasteiger partial charge in [0.25, 0.3) is 0 Å². The summed E-state index contributed by atoms with van der Waals surface area (Å²) in [6.07, 6.45) is 5.03. The number of aromatic nitrogens is 5. The topological polar surface area (TPSA) is 60.6 Å². The highest BCUT2D eigenvalue weighted by molar-refractivity contribution is 5.24. The minimum absolute atomic E-state index is 0.422. The van der Waals surface area contributed by atoms with Gasteiger partial charge in [-0.2, -0.15) is 5.10 Å². The van der Waals surface area contributed by atoms with Crippen molar-refractivity contribution in [3.05, 3.63) is 28.8 Å². The van der Waals surface area contributed by atoms with E-state index in [-0.39, 0.29) is 0 Å². The zero-order chi connectivity index (χ0) is 15.4. The summed E-state index contributed by atoms with van der Waals surface area (Å²) in [7, 11) is 3.91. The average molecular weight is 290 g/mol. The van der Waals surface area contributed by atoms with Gasteiger partial charge in [-0.3, -0.25) is 9.36 Å². The minimum atomic E-state index is 0.422. The van der Waals surface area contributed by atoms with E-state index in [2.05, 4.69) is 41.5 Å². The van der Waals surface area contributed by atoms with E-state index in [0.717, 1.165) is 37.2 Å². The van der Waals surface area contributed by atoms with Gasteiger partial charge in [0.05, 0.1) is 11.4 Å². The lowest BCUT2D eigenvalue weighted by atomic mass is 10.0. The summed E-state index contributed by atoms with van der Waals surface area (Å²) < 4.78 is 3.73. The maximum absolute atomic E-state index is 4.49. The Bertz CT molecular complexity index is 583. The molecule has 0 amide bonds. The van der Waals surface area contributed by atoms with Crippen LogP contribution in [-0.2, 0) is 26.9 Å². The zero-order valence-corrected chi connectivity index (χ0v) is 13.7.